The van der Waals surface area contributed by atoms with Crippen LogP contribution in [-0.2, 0) is 0 Å². The zero-order valence-electron chi connectivity index (χ0n) is 7.44. The van der Waals surface area contributed by atoms with E-state index in [1.165, 1.54) is 12.1 Å². The van der Waals surface area contributed by atoms with Crippen LogP contribution in [0.4, 0.5) is 5.69 Å². The first kappa shape index (κ1) is 10.0. The molecule has 0 aliphatic heterocycles. The molecule has 0 spiro atoms. The van der Waals surface area contributed by atoms with E-state index in [9.17, 15) is 9.59 Å². The second kappa shape index (κ2) is 3.78. The summed E-state index contributed by atoms with van der Waals surface area (Å²) in [5.74, 6) is -2.30. The molecule has 0 fully saturated rings. The maximum Gasteiger partial charge on any atom is 0.337 e. The van der Waals surface area contributed by atoms with Gasteiger partial charge in [0.15, 0.2) is 0 Å². The molecule has 3 N–H and O–H groups in total. The number of benzene rings is 1. The average molecular weight is 195 g/mol. The van der Waals surface area contributed by atoms with Gasteiger partial charge in [-0.15, -0.1) is 0 Å². The fourth-order valence-corrected chi connectivity index (χ4v) is 1.07. The van der Waals surface area contributed by atoms with E-state index < -0.39 is 11.9 Å². The normalized spacial score (nSPS) is 9.50. The molecule has 1 aromatic rings. The molecule has 0 atom stereocenters. The van der Waals surface area contributed by atoms with Crippen LogP contribution in [0.15, 0.2) is 18.2 Å². The van der Waals surface area contributed by atoms with E-state index in [1.54, 1.807) is 7.05 Å². The second-order valence-electron chi connectivity index (χ2n) is 2.62. The highest BCUT2D eigenvalue weighted by atomic mass is 16.4. The van der Waals surface area contributed by atoms with E-state index in [0.717, 1.165) is 6.07 Å². The van der Waals surface area contributed by atoms with Crippen molar-refractivity contribution in [1.29, 1.82) is 0 Å². The van der Waals surface area contributed by atoms with Crippen molar-refractivity contribution >= 4 is 17.6 Å². The first-order valence-electron chi connectivity index (χ1n) is 3.84. The molecular formula is C9H9NO4. The van der Waals surface area contributed by atoms with E-state index in [-0.39, 0.29) is 11.1 Å². The summed E-state index contributed by atoms with van der Waals surface area (Å²) in [6.45, 7) is 0. The summed E-state index contributed by atoms with van der Waals surface area (Å²) in [4.78, 5) is 21.3. The summed E-state index contributed by atoms with van der Waals surface area (Å²) in [6, 6.07) is 3.89. The van der Waals surface area contributed by atoms with Crippen LogP contribution in [0.3, 0.4) is 0 Å². The monoisotopic (exact) mass is 195 g/mol. The second-order valence-corrected chi connectivity index (χ2v) is 2.62. The Morgan fingerprint density at radius 2 is 1.86 bits per heavy atom. The van der Waals surface area contributed by atoms with Gasteiger partial charge in [0.25, 0.3) is 0 Å². The minimum atomic E-state index is -1.16. The van der Waals surface area contributed by atoms with Crippen molar-refractivity contribution in [2.24, 2.45) is 0 Å². The first-order valence-corrected chi connectivity index (χ1v) is 3.84. The fourth-order valence-electron chi connectivity index (χ4n) is 1.07. The maximum atomic E-state index is 10.7. The van der Waals surface area contributed by atoms with Crippen LogP contribution in [-0.4, -0.2) is 29.2 Å². The molecule has 5 nitrogen and oxygen atoms in total. The number of carboxylic acid groups (broad SMARTS) is 2. The Labute approximate surface area is 80.0 Å². The number of anilines is 1. The Bertz CT molecular complexity index is 386. The minimum Gasteiger partial charge on any atom is -0.478 e. The summed E-state index contributed by atoms with van der Waals surface area (Å²) in [5.41, 5.74) is 0.302. The van der Waals surface area contributed by atoms with E-state index in [4.69, 9.17) is 10.2 Å². The van der Waals surface area contributed by atoms with E-state index in [1.807, 2.05) is 0 Å². The predicted octanol–water partition coefficient (Wildman–Crippen LogP) is 1.12. The maximum absolute atomic E-state index is 10.7. The molecule has 0 aliphatic rings. The van der Waals surface area contributed by atoms with Crippen molar-refractivity contribution in [3.8, 4) is 0 Å². The summed E-state index contributed by atoms with van der Waals surface area (Å²) in [5, 5.41) is 20.1. The number of carboxylic acids is 2. The Kier molecular flexibility index (Phi) is 2.71. The van der Waals surface area contributed by atoms with E-state index >= 15 is 0 Å². The molecule has 0 bridgehead atoms. The minimum absolute atomic E-state index is 0.0404. The first-order chi connectivity index (χ1) is 6.56. The van der Waals surface area contributed by atoms with Gasteiger partial charge in [0.05, 0.1) is 11.1 Å². The molecule has 0 saturated heterocycles. The Morgan fingerprint density at radius 1 is 1.21 bits per heavy atom. The molecule has 1 rings (SSSR count). The van der Waals surface area contributed by atoms with E-state index in [2.05, 4.69) is 5.32 Å². The fraction of sp³-hybridized carbons (Fsp3) is 0.111. The summed E-state index contributed by atoms with van der Waals surface area (Å²) in [6.07, 6.45) is 0. The highest BCUT2D eigenvalue weighted by Gasteiger charge is 2.12. The highest BCUT2D eigenvalue weighted by Crippen LogP contribution is 2.16. The topological polar surface area (TPSA) is 86.6 Å². The molecule has 0 heterocycles. The van der Waals surface area contributed by atoms with Crippen LogP contribution in [0.1, 0.15) is 20.7 Å². The van der Waals surface area contributed by atoms with Crippen molar-refractivity contribution in [2.45, 2.75) is 0 Å². The Morgan fingerprint density at radius 3 is 2.29 bits per heavy atom. The van der Waals surface area contributed by atoms with Crippen LogP contribution in [0.25, 0.3) is 0 Å². The lowest BCUT2D eigenvalue weighted by molar-refractivity contribution is 0.0696. The number of hydrogen-bond acceptors (Lipinski definition) is 3. The third kappa shape index (κ3) is 1.82. The summed E-state index contributed by atoms with van der Waals surface area (Å²) in [7, 11) is 1.57. The van der Waals surface area contributed by atoms with Gasteiger partial charge in [-0.05, 0) is 18.2 Å². The molecule has 0 aromatic heterocycles. The van der Waals surface area contributed by atoms with Gasteiger partial charge >= 0.3 is 11.9 Å². The molecule has 0 radical (unpaired) electrons. The van der Waals surface area contributed by atoms with Crippen LogP contribution in [0.2, 0.25) is 0 Å². The average Bonchev–Trinajstić information content (AvgIpc) is 2.16. The van der Waals surface area contributed by atoms with Crippen molar-refractivity contribution in [1.82, 2.24) is 0 Å². The van der Waals surface area contributed by atoms with Crippen molar-refractivity contribution in [2.75, 3.05) is 12.4 Å². The van der Waals surface area contributed by atoms with Crippen LogP contribution in [0.5, 0.6) is 0 Å². The molecule has 0 amide bonds. The molecule has 0 saturated carbocycles. The lowest BCUT2D eigenvalue weighted by Gasteiger charge is -2.05. The highest BCUT2D eigenvalue weighted by molar-refractivity contribution is 5.98. The summed E-state index contributed by atoms with van der Waals surface area (Å²) >= 11 is 0. The molecule has 0 aliphatic carbocycles. The summed E-state index contributed by atoms with van der Waals surface area (Å²) < 4.78 is 0. The van der Waals surface area contributed by atoms with Crippen LogP contribution >= 0.6 is 0 Å². The van der Waals surface area contributed by atoms with Crippen molar-refractivity contribution in [3.05, 3.63) is 29.3 Å². The molecule has 0 unspecified atom stereocenters. The van der Waals surface area contributed by atoms with Gasteiger partial charge < -0.3 is 15.5 Å². The number of aromatic carboxylic acids is 2. The van der Waals surface area contributed by atoms with Crippen molar-refractivity contribution in [3.63, 3.8) is 0 Å². The standard InChI is InChI=1S/C9H9NO4/c1-10-7-3-2-5(8(11)12)4-6(7)9(13)14/h2-4,10H,1H3,(H,11,12)(H,13,14). The van der Waals surface area contributed by atoms with Gasteiger partial charge in [-0.3, -0.25) is 0 Å². The lowest BCUT2D eigenvalue weighted by Crippen LogP contribution is -2.05. The lowest BCUT2D eigenvalue weighted by atomic mass is 10.1. The van der Waals surface area contributed by atoms with Gasteiger partial charge in [-0.25, -0.2) is 9.59 Å². The molecule has 5 heteroatoms. The SMILES string of the molecule is CNc1ccc(C(=O)O)cc1C(=O)O. The molecule has 14 heavy (non-hydrogen) atoms. The Hall–Kier alpha value is -2.04. The smallest absolute Gasteiger partial charge is 0.337 e. The van der Waals surface area contributed by atoms with E-state index in [0.29, 0.717) is 5.69 Å². The number of carbonyl (C=O) groups is 2. The van der Waals surface area contributed by atoms with Crippen molar-refractivity contribution < 1.29 is 19.8 Å². The molecule has 1 aromatic carbocycles. The largest absolute Gasteiger partial charge is 0.478 e. The number of nitrogens with one attached hydrogen (secondary N) is 1. The van der Waals surface area contributed by atoms with Gasteiger partial charge in [-0.1, -0.05) is 0 Å². The predicted molar refractivity (Wildman–Crippen MR) is 49.9 cm³/mol. The quantitative estimate of drug-likeness (QED) is 0.672. The number of hydrogen-bond donors (Lipinski definition) is 3. The van der Waals surface area contributed by atoms with Gasteiger partial charge in [0, 0.05) is 12.7 Å². The van der Waals surface area contributed by atoms with Crippen LogP contribution < -0.4 is 5.32 Å². The zero-order chi connectivity index (χ0) is 10.7. The number of rotatable bonds is 3. The zero-order valence-corrected chi connectivity index (χ0v) is 7.44. The molecule has 74 valence electrons. The Balaban J connectivity index is 3.27. The third-order valence-corrected chi connectivity index (χ3v) is 1.77. The third-order valence-electron chi connectivity index (χ3n) is 1.77. The van der Waals surface area contributed by atoms with Gasteiger partial charge in [-0.2, -0.15) is 0 Å². The van der Waals surface area contributed by atoms with Gasteiger partial charge in [0.1, 0.15) is 0 Å². The van der Waals surface area contributed by atoms with Crippen LogP contribution in [0, 0.1) is 0 Å². The van der Waals surface area contributed by atoms with Gasteiger partial charge in [0.2, 0.25) is 0 Å². The molecular weight excluding hydrogens is 186 g/mol.